The zero-order chi connectivity index (χ0) is 29.4. The number of rotatable bonds is 7. The number of benzene rings is 1. The molecule has 42 heavy (non-hydrogen) atoms. The number of nitrogens with one attached hydrogen (secondary N) is 2. The van der Waals surface area contributed by atoms with Gasteiger partial charge in [-0.1, -0.05) is 43.2 Å². The molecule has 0 bridgehead atoms. The molecule has 1 saturated carbocycles. The third kappa shape index (κ3) is 5.95. The van der Waals surface area contributed by atoms with Crippen molar-refractivity contribution < 1.29 is 14.3 Å². The molecule has 10 heteroatoms. The normalized spacial score (nSPS) is 18.9. The van der Waals surface area contributed by atoms with Gasteiger partial charge in [0, 0.05) is 21.6 Å². The van der Waals surface area contributed by atoms with Crippen LogP contribution in [0.2, 0.25) is 0 Å². The summed E-state index contributed by atoms with van der Waals surface area (Å²) in [6.07, 6.45) is 7.28. The largest absolute Gasteiger partial charge is 0.444 e. The molecule has 2 N–H and O–H groups in total. The van der Waals surface area contributed by atoms with E-state index < -0.39 is 11.6 Å². The number of aryl methyl sites for hydroxylation is 1. The van der Waals surface area contributed by atoms with E-state index in [1.807, 2.05) is 39.0 Å². The maximum Gasteiger partial charge on any atom is 0.410 e. The fourth-order valence-electron chi connectivity index (χ4n) is 6.43. The summed E-state index contributed by atoms with van der Waals surface area (Å²) in [5.74, 6) is 0.588. The second-order valence-corrected chi connectivity index (χ2v) is 13.8. The van der Waals surface area contributed by atoms with Crippen LogP contribution in [0.4, 0.5) is 10.6 Å². The average molecular weight is 590 g/mol. The van der Waals surface area contributed by atoms with Crippen molar-refractivity contribution in [3.63, 3.8) is 0 Å². The van der Waals surface area contributed by atoms with Crippen LogP contribution in [0.25, 0.3) is 0 Å². The lowest BCUT2D eigenvalue weighted by atomic mass is 9.91. The monoisotopic (exact) mass is 589 g/mol. The fraction of sp³-hybridized carbons (Fsp3) is 0.500. The van der Waals surface area contributed by atoms with Gasteiger partial charge in [0.15, 0.2) is 5.82 Å². The predicted molar refractivity (Wildman–Crippen MR) is 162 cm³/mol. The van der Waals surface area contributed by atoms with Gasteiger partial charge in [-0.05, 0) is 69.6 Å². The number of carbonyl (C=O) groups excluding carboxylic acids is 2. The van der Waals surface area contributed by atoms with Gasteiger partial charge in [0.1, 0.15) is 11.6 Å². The third-order valence-corrected chi connectivity index (χ3v) is 9.58. The first-order valence-corrected chi connectivity index (χ1v) is 15.8. The molecule has 0 spiro atoms. The number of nitrogens with zero attached hydrogens (tertiary/aromatic N) is 3. The molecule has 1 aromatic carbocycles. The molecule has 1 fully saturated rings. The topological polar surface area (TPSA) is 106 Å². The molecule has 3 aliphatic rings. The van der Waals surface area contributed by atoms with Gasteiger partial charge < -0.3 is 15.4 Å². The third-order valence-electron chi connectivity index (χ3n) is 8.42. The first-order chi connectivity index (χ1) is 20.2. The van der Waals surface area contributed by atoms with Crippen LogP contribution < -0.4 is 16.2 Å². The van der Waals surface area contributed by atoms with Crippen LogP contribution >= 0.6 is 11.3 Å². The Bertz CT molecular complexity index is 1500. The van der Waals surface area contributed by atoms with E-state index >= 15 is 0 Å². The van der Waals surface area contributed by atoms with E-state index in [9.17, 15) is 14.4 Å². The number of aromatic nitrogens is 2. The lowest BCUT2D eigenvalue weighted by molar-refractivity contribution is -0.124. The molecule has 0 saturated heterocycles. The standard InChI is InChI=1S/C32H39N5O4S/c1-32(2,3)41-31(40)36-18-22-15-24(42-26(22)19-36)17-34-29(38)25-14-13-23-16-33-28(30(39)37(23)25)35-27(21-11-7-8-12-21)20-9-5-4-6-10-20/h4-6,9-10,15-16,21,25,27H,7-8,11-14,17-19H2,1-3H3,(H,33,35)(H,34,38)/t25-,27-/m0/s1. The predicted octanol–water partition coefficient (Wildman–Crippen LogP) is 5.70. The smallest absolute Gasteiger partial charge is 0.410 e. The molecule has 0 radical (unpaired) electrons. The lowest BCUT2D eigenvalue weighted by Crippen LogP contribution is -2.37. The summed E-state index contributed by atoms with van der Waals surface area (Å²) in [6, 6.07) is 11.8. The molecule has 2 aromatic heterocycles. The molecule has 2 atom stereocenters. The summed E-state index contributed by atoms with van der Waals surface area (Å²) < 4.78 is 7.14. The lowest BCUT2D eigenvalue weighted by Gasteiger charge is -2.26. The quantitative estimate of drug-likeness (QED) is 0.366. The molecular weight excluding hydrogens is 550 g/mol. The van der Waals surface area contributed by atoms with Gasteiger partial charge in [0.05, 0.1) is 25.7 Å². The number of carbonyl (C=O) groups is 2. The second kappa shape index (κ2) is 11.6. The van der Waals surface area contributed by atoms with E-state index in [-0.39, 0.29) is 23.6 Å². The van der Waals surface area contributed by atoms with Gasteiger partial charge in [-0.2, -0.15) is 0 Å². The summed E-state index contributed by atoms with van der Waals surface area (Å²) in [5, 5.41) is 6.55. The van der Waals surface area contributed by atoms with Gasteiger partial charge in [-0.25, -0.2) is 9.78 Å². The maximum atomic E-state index is 13.7. The van der Waals surface area contributed by atoms with Gasteiger partial charge in [0.25, 0.3) is 5.56 Å². The Morgan fingerprint density at radius 2 is 1.88 bits per heavy atom. The van der Waals surface area contributed by atoms with Crippen LogP contribution in [-0.4, -0.2) is 32.1 Å². The highest BCUT2D eigenvalue weighted by atomic mass is 32.1. The number of thiophene rings is 1. The Morgan fingerprint density at radius 3 is 2.60 bits per heavy atom. The second-order valence-electron chi connectivity index (χ2n) is 12.6. The van der Waals surface area contributed by atoms with Gasteiger partial charge in [-0.3, -0.25) is 19.1 Å². The summed E-state index contributed by atoms with van der Waals surface area (Å²) in [6.45, 7) is 6.99. The van der Waals surface area contributed by atoms with Crippen molar-refractivity contribution in [2.45, 2.75) is 96.6 Å². The highest BCUT2D eigenvalue weighted by molar-refractivity contribution is 7.12. The molecular formula is C32H39N5O4S. The van der Waals surface area contributed by atoms with Crippen molar-refractivity contribution in [1.29, 1.82) is 0 Å². The van der Waals surface area contributed by atoms with E-state index in [0.29, 0.717) is 44.2 Å². The Hall–Kier alpha value is -3.66. The molecule has 6 rings (SSSR count). The minimum Gasteiger partial charge on any atom is -0.444 e. The SMILES string of the molecule is CC(C)(C)OC(=O)N1Cc2cc(CNC(=O)[C@@H]3CCc4cnc(N[C@@H](c5ccccc5)C5CCCC5)c(=O)n43)sc2C1. The van der Waals surface area contributed by atoms with Crippen LogP contribution in [0.1, 0.15) is 91.5 Å². The van der Waals surface area contributed by atoms with Crippen LogP contribution in [0.5, 0.6) is 0 Å². The van der Waals surface area contributed by atoms with Crippen molar-refractivity contribution in [3.8, 4) is 0 Å². The van der Waals surface area contributed by atoms with Gasteiger partial charge >= 0.3 is 6.09 Å². The summed E-state index contributed by atoms with van der Waals surface area (Å²) in [5.41, 5.74) is 2.27. The van der Waals surface area contributed by atoms with Crippen LogP contribution in [-0.2, 0) is 35.6 Å². The number of amides is 2. The van der Waals surface area contributed by atoms with E-state index in [0.717, 1.165) is 39.4 Å². The van der Waals surface area contributed by atoms with E-state index in [4.69, 9.17) is 4.74 Å². The van der Waals surface area contributed by atoms with Gasteiger partial charge in [-0.15, -0.1) is 11.3 Å². The highest BCUT2D eigenvalue weighted by Crippen LogP contribution is 2.37. The number of hydrogen-bond acceptors (Lipinski definition) is 7. The molecule has 0 unspecified atom stereocenters. The molecule has 2 amide bonds. The first-order valence-electron chi connectivity index (χ1n) is 14.9. The molecule has 1 aliphatic carbocycles. The van der Waals surface area contributed by atoms with Crippen molar-refractivity contribution in [3.05, 3.63) is 79.5 Å². The minimum absolute atomic E-state index is 0.00764. The van der Waals surface area contributed by atoms with Crippen molar-refractivity contribution in [2.75, 3.05) is 5.32 Å². The average Bonchev–Trinajstić information content (AvgIpc) is 3.75. The van der Waals surface area contributed by atoms with Crippen molar-refractivity contribution in [1.82, 2.24) is 19.8 Å². The number of anilines is 1. The zero-order valence-corrected chi connectivity index (χ0v) is 25.3. The van der Waals surface area contributed by atoms with Crippen LogP contribution in [0.15, 0.2) is 47.4 Å². The summed E-state index contributed by atoms with van der Waals surface area (Å²) in [7, 11) is 0. The van der Waals surface area contributed by atoms with E-state index in [1.54, 1.807) is 27.0 Å². The number of hydrogen-bond donors (Lipinski definition) is 2. The molecule has 9 nitrogen and oxygen atoms in total. The molecule has 4 heterocycles. The Kier molecular flexibility index (Phi) is 7.83. The van der Waals surface area contributed by atoms with E-state index in [2.05, 4.69) is 33.8 Å². The van der Waals surface area contributed by atoms with E-state index in [1.165, 1.54) is 12.8 Å². The highest BCUT2D eigenvalue weighted by Gasteiger charge is 2.33. The number of ether oxygens (including phenoxy) is 1. The fourth-order valence-corrected chi connectivity index (χ4v) is 7.56. The van der Waals surface area contributed by atoms with Crippen molar-refractivity contribution in [2.24, 2.45) is 5.92 Å². The Labute approximate surface area is 250 Å². The maximum absolute atomic E-state index is 13.7. The zero-order valence-electron chi connectivity index (χ0n) is 24.5. The Morgan fingerprint density at radius 1 is 1.12 bits per heavy atom. The molecule has 3 aromatic rings. The molecule has 2 aliphatic heterocycles. The minimum atomic E-state index is -0.563. The summed E-state index contributed by atoms with van der Waals surface area (Å²) >= 11 is 1.60. The van der Waals surface area contributed by atoms with Gasteiger partial charge in [0.2, 0.25) is 5.91 Å². The van der Waals surface area contributed by atoms with Crippen molar-refractivity contribution >= 4 is 29.2 Å². The summed E-state index contributed by atoms with van der Waals surface area (Å²) in [4.78, 5) is 47.9. The first kappa shape index (κ1) is 28.5. The Balaban J connectivity index is 1.12. The van der Waals surface area contributed by atoms with Crippen LogP contribution in [0, 0.1) is 5.92 Å². The molecule has 222 valence electrons. The number of fused-ring (bicyclic) bond motifs is 2. The van der Waals surface area contributed by atoms with Crippen LogP contribution in [0.3, 0.4) is 0 Å².